The van der Waals surface area contributed by atoms with Crippen LogP contribution in [-0.4, -0.2) is 72.3 Å². The van der Waals surface area contributed by atoms with Crippen LogP contribution in [0.15, 0.2) is 42.5 Å². The van der Waals surface area contributed by atoms with Crippen LogP contribution >= 0.6 is 0 Å². The van der Waals surface area contributed by atoms with Crippen molar-refractivity contribution in [3.63, 3.8) is 0 Å². The Morgan fingerprint density at radius 1 is 1.18 bits per heavy atom. The van der Waals surface area contributed by atoms with Gasteiger partial charge in [-0.2, -0.15) is 0 Å². The normalized spacial score (nSPS) is 17.9. The molecule has 1 atom stereocenters. The largest absolute Gasteiger partial charge is 0.497 e. The number of ether oxygens (including phenoxy) is 2. The van der Waals surface area contributed by atoms with Crippen LogP contribution in [-0.2, 0) is 26.2 Å². The van der Waals surface area contributed by atoms with Crippen molar-refractivity contribution < 1.29 is 23.9 Å². The molecule has 9 nitrogen and oxygen atoms in total. The molecule has 1 N–H and O–H groups in total. The fourth-order valence-corrected chi connectivity index (χ4v) is 4.45. The highest BCUT2D eigenvalue weighted by molar-refractivity contribution is 6.10. The smallest absolute Gasteiger partial charge is 0.240 e. The van der Waals surface area contributed by atoms with Crippen LogP contribution in [0.1, 0.15) is 24.2 Å². The number of nitrogens with zero attached hydrogens (tertiary/aromatic N) is 3. The second kappa shape index (κ2) is 9.17. The maximum absolute atomic E-state index is 13.3. The minimum absolute atomic E-state index is 0.0757. The topological polar surface area (TPSA) is 105 Å². The van der Waals surface area contributed by atoms with Crippen LogP contribution < -0.4 is 9.47 Å². The highest BCUT2D eigenvalue weighted by atomic mass is 16.5. The van der Waals surface area contributed by atoms with E-state index in [0.717, 1.165) is 27.5 Å². The van der Waals surface area contributed by atoms with E-state index in [4.69, 9.17) is 9.47 Å². The van der Waals surface area contributed by atoms with Crippen LogP contribution in [0.3, 0.4) is 0 Å². The summed E-state index contributed by atoms with van der Waals surface area (Å²) < 4.78 is 10.7. The number of imidazole rings is 1. The lowest BCUT2D eigenvalue weighted by Crippen LogP contribution is -2.42. The number of methoxy groups -OCH3 is 2. The first kappa shape index (κ1) is 23.3. The molecule has 1 saturated heterocycles. The van der Waals surface area contributed by atoms with E-state index in [1.165, 1.54) is 14.2 Å². The summed E-state index contributed by atoms with van der Waals surface area (Å²) in [6.07, 6.45) is 0.303. The van der Waals surface area contributed by atoms with Gasteiger partial charge in [-0.25, -0.2) is 4.98 Å². The molecule has 0 spiro atoms. The third-order valence-electron chi connectivity index (χ3n) is 6.46. The first-order valence-corrected chi connectivity index (χ1v) is 11.0. The van der Waals surface area contributed by atoms with Gasteiger partial charge >= 0.3 is 0 Å². The van der Waals surface area contributed by atoms with Crippen molar-refractivity contribution in [3.8, 4) is 11.5 Å². The number of hydrogen-bond acceptors (Lipinski definition) is 6. The number of benzene rings is 2. The lowest BCUT2D eigenvalue weighted by atomic mass is 9.75. The van der Waals surface area contributed by atoms with Gasteiger partial charge in [0.15, 0.2) is 0 Å². The quantitative estimate of drug-likeness (QED) is 0.513. The molecule has 0 unspecified atom stereocenters. The number of fused-ring (bicyclic) bond motifs is 1. The van der Waals surface area contributed by atoms with Gasteiger partial charge < -0.3 is 19.4 Å². The zero-order valence-electron chi connectivity index (χ0n) is 19.8. The predicted octanol–water partition coefficient (Wildman–Crippen LogP) is 2.30. The zero-order valence-corrected chi connectivity index (χ0v) is 19.8. The van der Waals surface area contributed by atoms with E-state index >= 15 is 0 Å². The van der Waals surface area contributed by atoms with E-state index in [9.17, 15) is 14.4 Å². The average Bonchev–Trinajstić information content (AvgIpc) is 3.36. The van der Waals surface area contributed by atoms with Crippen LogP contribution in [0.5, 0.6) is 11.5 Å². The highest BCUT2D eigenvalue weighted by Crippen LogP contribution is 2.43. The van der Waals surface area contributed by atoms with Crippen molar-refractivity contribution in [2.45, 2.75) is 24.7 Å². The molecule has 9 heteroatoms. The van der Waals surface area contributed by atoms with Gasteiger partial charge in [0.1, 0.15) is 17.3 Å². The Kier molecular flexibility index (Phi) is 6.28. The molecule has 2 aromatic carbocycles. The number of imide groups is 1. The molecule has 1 aromatic heterocycles. The second-order valence-corrected chi connectivity index (χ2v) is 8.53. The van der Waals surface area contributed by atoms with E-state index < -0.39 is 11.3 Å². The summed E-state index contributed by atoms with van der Waals surface area (Å²) in [5.74, 6) is 1.01. The summed E-state index contributed by atoms with van der Waals surface area (Å²) in [5, 5.41) is 0. The van der Waals surface area contributed by atoms with Crippen LogP contribution in [0.2, 0.25) is 0 Å². The number of rotatable bonds is 8. The summed E-state index contributed by atoms with van der Waals surface area (Å²) in [4.78, 5) is 49.5. The minimum atomic E-state index is -1.29. The number of hydrogen-bond donors (Lipinski definition) is 1. The Labute approximate surface area is 197 Å². The van der Waals surface area contributed by atoms with E-state index in [-0.39, 0.29) is 24.7 Å². The lowest BCUT2D eigenvalue weighted by Gasteiger charge is -2.29. The molecule has 0 aliphatic carbocycles. The summed E-state index contributed by atoms with van der Waals surface area (Å²) in [5.41, 5.74) is 0.933. The van der Waals surface area contributed by atoms with Gasteiger partial charge in [0, 0.05) is 51.5 Å². The predicted molar refractivity (Wildman–Crippen MR) is 126 cm³/mol. The monoisotopic (exact) mass is 464 g/mol. The van der Waals surface area contributed by atoms with Gasteiger partial charge in [0.05, 0.1) is 30.7 Å². The van der Waals surface area contributed by atoms with Gasteiger partial charge in [0.2, 0.25) is 17.7 Å². The summed E-state index contributed by atoms with van der Waals surface area (Å²) >= 11 is 0. The van der Waals surface area contributed by atoms with Crippen molar-refractivity contribution >= 4 is 28.8 Å². The lowest BCUT2D eigenvalue weighted by molar-refractivity contribution is -0.141. The molecule has 34 heavy (non-hydrogen) atoms. The van der Waals surface area contributed by atoms with Gasteiger partial charge in [-0.15, -0.1) is 0 Å². The number of carbonyl (C=O) groups is 3. The fraction of sp³-hybridized carbons (Fsp3) is 0.360. The summed E-state index contributed by atoms with van der Waals surface area (Å²) in [6, 6.07) is 12.6. The number of nitrogens with one attached hydrogen (secondary N) is 1. The SMILES string of the molecule is COc1ccc2nc(CCN(C)C(=O)C[C@]3(c4ccccc4OC)CC(=O)N(C)C3=O)[nH]c2c1. The zero-order chi connectivity index (χ0) is 24.5. The van der Waals surface area contributed by atoms with Crippen LogP contribution in [0, 0.1) is 0 Å². The Bertz CT molecular complexity index is 1250. The molecule has 1 aliphatic rings. The van der Waals surface area contributed by atoms with Crippen LogP contribution in [0.25, 0.3) is 11.0 Å². The minimum Gasteiger partial charge on any atom is -0.497 e. The fourth-order valence-electron chi connectivity index (χ4n) is 4.45. The van der Waals surface area contributed by atoms with E-state index in [0.29, 0.717) is 24.3 Å². The molecule has 0 saturated carbocycles. The molecular formula is C25H28N4O5. The number of likely N-dealkylation sites (tertiary alicyclic amines) is 1. The molecule has 3 amide bonds. The number of likely N-dealkylation sites (N-methyl/N-ethyl adjacent to an activating group) is 2. The summed E-state index contributed by atoms with van der Waals surface area (Å²) in [7, 11) is 6.26. The number of carbonyl (C=O) groups excluding carboxylic acids is 3. The summed E-state index contributed by atoms with van der Waals surface area (Å²) in [6.45, 7) is 0.399. The molecule has 0 radical (unpaired) electrons. The number of amides is 3. The Morgan fingerprint density at radius 2 is 1.94 bits per heavy atom. The molecule has 2 heterocycles. The third kappa shape index (κ3) is 4.09. The number of aromatic amines is 1. The maximum atomic E-state index is 13.3. The standard InChI is InChI=1S/C25H28N4O5/c1-28(12-11-21-26-18-10-9-16(33-3)13-19(18)27-21)22(30)14-25(15-23(31)29(2)24(25)32)17-7-5-6-8-20(17)34-4/h5-10,13H,11-12,14-15H2,1-4H3,(H,26,27)/t25-/m1/s1. The Hall–Kier alpha value is -3.88. The second-order valence-electron chi connectivity index (χ2n) is 8.53. The van der Waals surface area contributed by atoms with Crippen LogP contribution in [0.4, 0.5) is 0 Å². The van der Waals surface area contributed by atoms with Crippen molar-refractivity contribution in [1.29, 1.82) is 0 Å². The van der Waals surface area contributed by atoms with E-state index in [2.05, 4.69) is 9.97 Å². The number of H-pyrrole nitrogens is 1. The maximum Gasteiger partial charge on any atom is 0.240 e. The Morgan fingerprint density at radius 3 is 2.62 bits per heavy atom. The average molecular weight is 465 g/mol. The molecular weight excluding hydrogens is 436 g/mol. The number of aromatic nitrogens is 2. The van der Waals surface area contributed by atoms with E-state index in [1.54, 1.807) is 43.3 Å². The Balaban J connectivity index is 1.53. The van der Waals surface area contributed by atoms with Crippen molar-refractivity contribution in [1.82, 2.24) is 19.8 Å². The number of para-hydroxylation sites is 1. The molecule has 1 fully saturated rings. The van der Waals surface area contributed by atoms with Gasteiger partial charge in [-0.05, 0) is 18.2 Å². The molecule has 178 valence electrons. The highest BCUT2D eigenvalue weighted by Gasteiger charge is 2.54. The van der Waals surface area contributed by atoms with Gasteiger partial charge in [-0.3, -0.25) is 19.3 Å². The van der Waals surface area contributed by atoms with Crippen molar-refractivity contribution in [2.75, 3.05) is 34.9 Å². The van der Waals surface area contributed by atoms with Gasteiger partial charge in [-0.1, -0.05) is 18.2 Å². The van der Waals surface area contributed by atoms with Gasteiger partial charge in [0.25, 0.3) is 0 Å². The third-order valence-corrected chi connectivity index (χ3v) is 6.46. The molecule has 0 bridgehead atoms. The van der Waals surface area contributed by atoms with Crippen molar-refractivity contribution in [3.05, 3.63) is 53.9 Å². The van der Waals surface area contributed by atoms with Crippen molar-refractivity contribution in [2.24, 2.45) is 0 Å². The first-order valence-electron chi connectivity index (χ1n) is 11.0. The molecule has 4 rings (SSSR count). The first-order chi connectivity index (χ1) is 16.3. The van der Waals surface area contributed by atoms with E-state index in [1.807, 2.05) is 18.2 Å². The molecule has 1 aliphatic heterocycles. The molecule has 3 aromatic rings.